The summed E-state index contributed by atoms with van der Waals surface area (Å²) >= 11 is 0. The Hall–Kier alpha value is -3.32. The maximum absolute atomic E-state index is 13.3. The molecule has 0 bridgehead atoms. The molecule has 0 aliphatic carbocycles. The first kappa shape index (κ1) is 22.5. The van der Waals surface area contributed by atoms with Gasteiger partial charge in [-0.05, 0) is 48.7 Å². The van der Waals surface area contributed by atoms with Gasteiger partial charge in [-0.1, -0.05) is 18.2 Å². The van der Waals surface area contributed by atoms with Crippen molar-refractivity contribution in [3.05, 3.63) is 65.9 Å². The second-order valence-corrected chi connectivity index (χ2v) is 9.05. The van der Waals surface area contributed by atoms with Crippen molar-refractivity contribution in [2.45, 2.75) is 19.3 Å². The van der Waals surface area contributed by atoms with Crippen molar-refractivity contribution in [2.75, 3.05) is 46.0 Å². The molecule has 3 aromatic rings. The average Bonchev–Trinajstić information content (AvgIpc) is 3.41. The third-order valence-corrected chi connectivity index (χ3v) is 6.55. The van der Waals surface area contributed by atoms with Crippen LogP contribution >= 0.6 is 0 Å². The van der Waals surface area contributed by atoms with Gasteiger partial charge >= 0.3 is 0 Å². The van der Waals surface area contributed by atoms with Crippen LogP contribution in [0.25, 0.3) is 11.0 Å². The maximum atomic E-state index is 13.3. The summed E-state index contributed by atoms with van der Waals surface area (Å²) in [6.45, 7) is 4.15. The largest absolute Gasteiger partial charge is 0.492 e. The van der Waals surface area contributed by atoms with E-state index in [2.05, 4.69) is 18.2 Å². The number of benzene rings is 2. The Kier molecular flexibility index (Phi) is 6.81. The van der Waals surface area contributed by atoms with Gasteiger partial charge in [0.05, 0.1) is 26.0 Å². The zero-order valence-corrected chi connectivity index (χ0v) is 19.3. The Bertz CT molecular complexity index is 1160. The van der Waals surface area contributed by atoms with E-state index in [4.69, 9.17) is 13.9 Å². The first-order chi connectivity index (χ1) is 16.7. The number of carbonyl (C=O) groups excluding carboxylic acids is 2. The molecule has 2 aliphatic rings. The molecule has 1 atom stereocenters. The molecule has 2 aliphatic heterocycles. The maximum Gasteiger partial charge on any atom is 0.254 e. The number of amides is 2. The van der Waals surface area contributed by atoms with Crippen LogP contribution in [-0.2, 0) is 16.0 Å². The zero-order valence-electron chi connectivity index (χ0n) is 19.3. The fourth-order valence-electron chi connectivity index (χ4n) is 4.76. The number of likely N-dealkylation sites (tertiary alicyclic amines) is 1. The SMILES string of the molecule is O=C1CCCN1CCOc1cccc(C(=O)N2CCOC[C@H](Cc3ccc4ccoc4c3)C2)c1. The van der Waals surface area contributed by atoms with Crippen molar-refractivity contribution in [1.29, 1.82) is 0 Å². The predicted octanol–water partition coefficient (Wildman–Crippen LogP) is 3.77. The normalized spacial score (nSPS) is 18.9. The lowest BCUT2D eigenvalue weighted by Crippen LogP contribution is -2.36. The predicted molar refractivity (Wildman–Crippen MR) is 128 cm³/mol. The quantitative estimate of drug-likeness (QED) is 0.535. The molecule has 2 fully saturated rings. The Morgan fingerprint density at radius 1 is 1.12 bits per heavy atom. The highest BCUT2D eigenvalue weighted by molar-refractivity contribution is 5.94. The highest BCUT2D eigenvalue weighted by atomic mass is 16.5. The van der Waals surface area contributed by atoms with Crippen LogP contribution in [0.2, 0.25) is 0 Å². The number of hydrogen-bond donors (Lipinski definition) is 0. The minimum absolute atomic E-state index is 0.0165. The monoisotopic (exact) mass is 462 g/mol. The van der Waals surface area contributed by atoms with E-state index in [1.54, 1.807) is 12.3 Å². The third kappa shape index (κ3) is 5.25. The third-order valence-electron chi connectivity index (χ3n) is 6.55. The van der Waals surface area contributed by atoms with Gasteiger partial charge in [0.25, 0.3) is 5.91 Å². The summed E-state index contributed by atoms with van der Waals surface area (Å²) in [5.74, 6) is 1.02. The summed E-state index contributed by atoms with van der Waals surface area (Å²) in [4.78, 5) is 28.8. The molecule has 178 valence electrons. The molecular formula is C27H30N2O5. The first-order valence-corrected chi connectivity index (χ1v) is 12.0. The number of fused-ring (bicyclic) bond motifs is 1. The lowest BCUT2D eigenvalue weighted by Gasteiger charge is -2.24. The lowest BCUT2D eigenvalue weighted by molar-refractivity contribution is -0.128. The van der Waals surface area contributed by atoms with Gasteiger partial charge in [-0.3, -0.25) is 9.59 Å². The van der Waals surface area contributed by atoms with Gasteiger partial charge in [0.2, 0.25) is 5.91 Å². The van der Waals surface area contributed by atoms with E-state index < -0.39 is 0 Å². The second-order valence-electron chi connectivity index (χ2n) is 9.05. The number of furan rings is 1. The van der Waals surface area contributed by atoms with Crippen molar-refractivity contribution in [1.82, 2.24) is 9.80 Å². The number of hydrogen-bond acceptors (Lipinski definition) is 5. The Labute approximate surface area is 199 Å². The lowest BCUT2D eigenvalue weighted by atomic mass is 9.98. The standard InChI is InChI=1S/C27H30N2O5/c30-26-5-2-9-28(26)11-14-33-24-4-1-3-23(17-24)27(31)29-10-13-32-19-21(18-29)15-20-6-7-22-8-12-34-25(22)16-20/h1,3-4,6-8,12,16-17,21H,2,5,9-11,13-15,18-19H2/t21-/m1/s1. The highest BCUT2D eigenvalue weighted by Crippen LogP contribution is 2.22. The summed E-state index contributed by atoms with van der Waals surface area (Å²) in [5, 5.41) is 1.09. The number of carbonyl (C=O) groups is 2. The van der Waals surface area contributed by atoms with Gasteiger partial charge in [0.1, 0.15) is 17.9 Å². The summed E-state index contributed by atoms with van der Waals surface area (Å²) in [5.41, 5.74) is 2.66. The number of nitrogens with zero attached hydrogens (tertiary/aromatic N) is 2. The molecule has 2 aromatic carbocycles. The van der Waals surface area contributed by atoms with Crippen molar-refractivity contribution >= 4 is 22.8 Å². The van der Waals surface area contributed by atoms with Crippen LogP contribution in [0.15, 0.2) is 59.2 Å². The van der Waals surface area contributed by atoms with E-state index >= 15 is 0 Å². The molecule has 7 nitrogen and oxygen atoms in total. The average molecular weight is 463 g/mol. The van der Waals surface area contributed by atoms with Crippen molar-refractivity contribution in [3.8, 4) is 5.75 Å². The van der Waals surface area contributed by atoms with E-state index in [1.807, 2.05) is 34.1 Å². The molecule has 0 saturated carbocycles. The van der Waals surface area contributed by atoms with E-state index in [0.717, 1.165) is 30.4 Å². The molecule has 2 amide bonds. The molecule has 7 heteroatoms. The number of rotatable bonds is 7. The van der Waals surface area contributed by atoms with Crippen LogP contribution in [-0.4, -0.2) is 67.6 Å². The van der Waals surface area contributed by atoms with Gasteiger partial charge in [-0.25, -0.2) is 0 Å². The Balaban J connectivity index is 1.20. The summed E-state index contributed by atoms with van der Waals surface area (Å²) in [6, 6.07) is 15.5. The Morgan fingerprint density at radius 3 is 2.94 bits per heavy atom. The van der Waals surface area contributed by atoms with Crippen LogP contribution in [0.3, 0.4) is 0 Å². The first-order valence-electron chi connectivity index (χ1n) is 12.0. The van der Waals surface area contributed by atoms with E-state index in [0.29, 0.717) is 57.2 Å². The van der Waals surface area contributed by atoms with E-state index in [-0.39, 0.29) is 17.7 Å². The fraction of sp³-hybridized carbons (Fsp3) is 0.407. The van der Waals surface area contributed by atoms with Gasteiger partial charge in [-0.2, -0.15) is 0 Å². The van der Waals surface area contributed by atoms with Crippen LogP contribution in [0.5, 0.6) is 5.75 Å². The topological polar surface area (TPSA) is 72.2 Å². The molecule has 34 heavy (non-hydrogen) atoms. The van der Waals surface area contributed by atoms with Crippen LogP contribution in [0.4, 0.5) is 0 Å². The van der Waals surface area contributed by atoms with Gasteiger partial charge < -0.3 is 23.7 Å². The minimum atomic E-state index is -0.0165. The molecule has 0 unspecified atom stereocenters. The Morgan fingerprint density at radius 2 is 2.06 bits per heavy atom. The van der Waals surface area contributed by atoms with Crippen LogP contribution in [0, 0.1) is 5.92 Å². The molecule has 0 radical (unpaired) electrons. The molecule has 2 saturated heterocycles. The second kappa shape index (κ2) is 10.3. The molecule has 3 heterocycles. The smallest absolute Gasteiger partial charge is 0.254 e. The molecule has 0 spiro atoms. The number of ether oxygens (including phenoxy) is 2. The van der Waals surface area contributed by atoms with Gasteiger partial charge in [0.15, 0.2) is 0 Å². The minimum Gasteiger partial charge on any atom is -0.492 e. The fourth-order valence-corrected chi connectivity index (χ4v) is 4.76. The van der Waals surface area contributed by atoms with Gasteiger partial charge in [0, 0.05) is 42.9 Å². The summed E-state index contributed by atoms with van der Waals surface area (Å²) in [6.07, 6.45) is 4.06. The molecule has 1 aromatic heterocycles. The molecule has 5 rings (SSSR count). The highest BCUT2D eigenvalue weighted by Gasteiger charge is 2.24. The summed E-state index contributed by atoms with van der Waals surface area (Å²) in [7, 11) is 0. The zero-order chi connectivity index (χ0) is 23.3. The van der Waals surface area contributed by atoms with Crippen molar-refractivity contribution in [3.63, 3.8) is 0 Å². The van der Waals surface area contributed by atoms with E-state index in [1.165, 1.54) is 5.56 Å². The van der Waals surface area contributed by atoms with E-state index in [9.17, 15) is 9.59 Å². The molecular weight excluding hydrogens is 432 g/mol. The van der Waals surface area contributed by atoms with Crippen molar-refractivity contribution in [2.24, 2.45) is 5.92 Å². The van der Waals surface area contributed by atoms with Crippen LogP contribution in [0.1, 0.15) is 28.8 Å². The summed E-state index contributed by atoms with van der Waals surface area (Å²) < 4.78 is 17.2. The van der Waals surface area contributed by atoms with Gasteiger partial charge in [-0.15, -0.1) is 0 Å². The van der Waals surface area contributed by atoms with Crippen molar-refractivity contribution < 1.29 is 23.5 Å². The molecule has 0 N–H and O–H groups in total. The van der Waals surface area contributed by atoms with Crippen LogP contribution < -0.4 is 4.74 Å².